The second kappa shape index (κ2) is 9.09. The number of carboxylic acid groups (broad SMARTS) is 1. The molecule has 152 valence electrons. The average Bonchev–Trinajstić information content (AvgIpc) is 3.17. The molecule has 0 bridgehead atoms. The predicted molar refractivity (Wildman–Crippen MR) is 111 cm³/mol. The third kappa shape index (κ3) is 4.76. The van der Waals surface area contributed by atoms with E-state index in [1.165, 1.54) is 5.01 Å². The maximum absolute atomic E-state index is 12.7. The summed E-state index contributed by atoms with van der Waals surface area (Å²) in [5.41, 5.74) is 2.49. The monoisotopic (exact) mass is 460 g/mol. The number of methoxy groups -OCH3 is 2. The van der Waals surface area contributed by atoms with Crippen LogP contribution in [0.4, 0.5) is 0 Å². The van der Waals surface area contributed by atoms with Crippen LogP contribution in [0.5, 0.6) is 11.5 Å². The summed E-state index contributed by atoms with van der Waals surface area (Å²) in [4.78, 5) is 23.7. The maximum Gasteiger partial charge on any atom is 0.303 e. The zero-order chi connectivity index (χ0) is 21.0. The Morgan fingerprint density at radius 3 is 2.55 bits per heavy atom. The molecule has 0 unspecified atom stereocenters. The number of carbonyl (C=O) groups excluding carboxylic acids is 1. The molecule has 1 atom stereocenters. The molecular formula is C21H21BrN2O5. The van der Waals surface area contributed by atoms with Gasteiger partial charge >= 0.3 is 5.97 Å². The summed E-state index contributed by atoms with van der Waals surface area (Å²) in [6.07, 6.45) is 0.148. The van der Waals surface area contributed by atoms with Crippen molar-refractivity contribution >= 4 is 33.5 Å². The minimum Gasteiger partial charge on any atom is -0.493 e. The molecule has 1 N–H and O–H groups in total. The summed E-state index contributed by atoms with van der Waals surface area (Å²) in [5, 5.41) is 14.9. The molecule has 8 heteroatoms. The van der Waals surface area contributed by atoms with Gasteiger partial charge in [0.2, 0.25) is 5.91 Å². The van der Waals surface area contributed by atoms with E-state index in [0.29, 0.717) is 17.9 Å². The SMILES string of the molecule is COc1ccc([C@H]2CC(c3cccc(Br)c3)=NN2C(=O)CCC(=O)O)cc1OC. The van der Waals surface area contributed by atoms with Crippen LogP contribution in [0.3, 0.4) is 0 Å². The van der Waals surface area contributed by atoms with Gasteiger partial charge in [-0.3, -0.25) is 9.59 Å². The van der Waals surface area contributed by atoms with Crippen molar-refractivity contribution < 1.29 is 24.2 Å². The fourth-order valence-electron chi connectivity index (χ4n) is 3.23. The van der Waals surface area contributed by atoms with E-state index >= 15 is 0 Å². The van der Waals surface area contributed by atoms with Gasteiger partial charge < -0.3 is 14.6 Å². The summed E-state index contributed by atoms with van der Waals surface area (Å²) in [6.45, 7) is 0. The molecule has 1 aliphatic rings. The molecule has 2 aromatic rings. The lowest BCUT2D eigenvalue weighted by Gasteiger charge is -2.22. The number of amides is 1. The van der Waals surface area contributed by atoms with E-state index in [2.05, 4.69) is 21.0 Å². The highest BCUT2D eigenvalue weighted by Crippen LogP contribution is 2.37. The topological polar surface area (TPSA) is 88.4 Å². The molecule has 1 heterocycles. The van der Waals surface area contributed by atoms with Crippen LogP contribution in [-0.2, 0) is 9.59 Å². The lowest BCUT2D eigenvalue weighted by Crippen LogP contribution is -2.27. The van der Waals surface area contributed by atoms with E-state index in [-0.39, 0.29) is 24.8 Å². The minimum absolute atomic E-state index is 0.117. The third-order valence-electron chi connectivity index (χ3n) is 4.67. The zero-order valence-corrected chi connectivity index (χ0v) is 17.7. The van der Waals surface area contributed by atoms with Crippen LogP contribution >= 0.6 is 15.9 Å². The number of aliphatic carboxylic acids is 1. The summed E-state index contributed by atoms with van der Waals surface area (Å²) in [6, 6.07) is 12.8. The first kappa shape index (κ1) is 20.9. The number of hydrogen-bond acceptors (Lipinski definition) is 5. The van der Waals surface area contributed by atoms with Crippen molar-refractivity contribution in [2.45, 2.75) is 25.3 Å². The molecule has 7 nitrogen and oxygen atoms in total. The Kier molecular flexibility index (Phi) is 6.53. The number of rotatable bonds is 7. The molecule has 0 radical (unpaired) electrons. The summed E-state index contributed by atoms with van der Waals surface area (Å²) in [5.74, 6) is -0.210. The molecule has 1 amide bonds. The standard InChI is InChI=1S/C21H21BrN2O5/c1-28-18-7-6-14(11-19(18)29-2)17-12-16(13-4-3-5-15(22)10-13)23-24(17)20(25)8-9-21(26)27/h3-7,10-11,17H,8-9,12H2,1-2H3,(H,26,27)/t17-/m1/s1. The van der Waals surface area contributed by atoms with Gasteiger partial charge in [0.1, 0.15) is 0 Å². The highest BCUT2D eigenvalue weighted by atomic mass is 79.9. The molecule has 0 saturated carbocycles. The molecule has 1 aliphatic heterocycles. The number of hydrogen-bond donors (Lipinski definition) is 1. The van der Waals surface area contributed by atoms with Crippen LogP contribution in [0.2, 0.25) is 0 Å². The first-order valence-electron chi connectivity index (χ1n) is 9.02. The van der Waals surface area contributed by atoms with Gasteiger partial charge in [-0.05, 0) is 35.4 Å². The van der Waals surface area contributed by atoms with Crippen molar-refractivity contribution in [3.63, 3.8) is 0 Å². The fraction of sp³-hybridized carbons (Fsp3) is 0.286. The summed E-state index contributed by atoms with van der Waals surface area (Å²) in [7, 11) is 3.11. The Balaban J connectivity index is 1.96. The molecule has 0 spiro atoms. The van der Waals surface area contributed by atoms with Crippen LogP contribution < -0.4 is 9.47 Å². The van der Waals surface area contributed by atoms with Gasteiger partial charge in [0.05, 0.1) is 32.4 Å². The molecule has 29 heavy (non-hydrogen) atoms. The van der Waals surface area contributed by atoms with Gasteiger partial charge in [0.15, 0.2) is 11.5 Å². The second-order valence-electron chi connectivity index (χ2n) is 6.52. The molecular weight excluding hydrogens is 440 g/mol. The average molecular weight is 461 g/mol. The first-order valence-corrected chi connectivity index (χ1v) is 9.81. The number of ether oxygens (including phenoxy) is 2. The Morgan fingerprint density at radius 2 is 1.90 bits per heavy atom. The quantitative estimate of drug-likeness (QED) is 0.673. The van der Waals surface area contributed by atoms with E-state index in [4.69, 9.17) is 14.6 Å². The van der Waals surface area contributed by atoms with Crippen molar-refractivity contribution in [3.8, 4) is 11.5 Å². The highest BCUT2D eigenvalue weighted by Gasteiger charge is 2.33. The predicted octanol–water partition coefficient (Wildman–Crippen LogP) is 4.01. The van der Waals surface area contributed by atoms with Crippen LogP contribution in [0, 0.1) is 0 Å². The van der Waals surface area contributed by atoms with Crippen LogP contribution in [-0.4, -0.2) is 41.9 Å². The van der Waals surface area contributed by atoms with E-state index in [1.54, 1.807) is 20.3 Å². The molecule has 2 aromatic carbocycles. The van der Waals surface area contributed by atoms with E-state index in [1.807, 2.05) is 36.4 Å². The second-order valence-corrected chi connectivity index (χ2v) is 7.44. The molecule has 3 rings (SSSR count). The summed E-state index contributed by atoms with van der Waals surface area (Å²) < 4.78 is 11.6. The van der Waals surface area contributed by atoms with Crippen molar-refractivity contribution in [2.24, 2.45) is 5.10 Å². The van der Waals surface area contributed by atoms with Crippen LogP contribution in [0.15, 0.2) is 52.0 Å². The van der Waals surface area contributed by atoms with Crippen molar-refractivity contribution in [3.05, 3.63) is 58.1 Å². The van der Waals surface area contributed by atoms with E-state index in [9.17, 15) is 9.59 Å². The van der Waals surface area contributed by atoms with Crippen LogP contribution in [0.25, 0.3) is 0 Å². The lowest BCUT2D eigenvalue weighted by atomic mass is 9.98. The third-order valence-corrected chi connectivity index (χ3v) is 5.16. The number of benzene rings is 2. The minimum atomic E-state index is -1.02. The molecule has 0 saturated heterocycles. The van der Waals surface area contributed by atoms with Gasteiger partial charge in [-0.25, -0.2) is 5.01 Å². The number of carboxylic acids is 1. The van der Waals surface area contributed by atoms with Crippen molar-refractivity contribution in [1.29, 1.82) is 0 Å². The summed E-state index contributed by atoms with van der Waals surface area (Å²) >= 11 is 3.46. The van der Waals surface area contributed by atoms with E-state index in [0.717, 1.165) is 21.3 Å². The molecule has 0 aromatic heterocycles. The molecule has 0 fully saturated rings. The largest absolute Gasteiger partial charge is 0.493 e. The molecule has 0 aliphatic carbocycles. The Bertz CT molecular complexity index is 960. The van der Waals surface area contributed by atoms with Gasteiger partial charge in [0.25, 0.3) is 0 Å². The number of hydrazone groups is 1. The first-order chi connectivity index (χ1) is 13.9. The van der Waals surface area contributed by atoms with Crippen LogP contribution in [0.1, 0.15) is 36.4 Å². The van der Waals surface area contributed by atoms with Gasteiger partial charge in [0, 0.05) is 17.3 Å². The smallest absolute Gasteiger partial charge is 0.303 e. The Morgan fingerprint density at radius 1 is 1.14 bits per heavy atom. The number of carbonyl (C=O) groups is 2. The van der Waals surface area contributed by atoms with Gasteiger partial charge in [-0.1, -0.05) is 34.1 Å². The normalized spacial score (nSPS) is 15.8. The van der Waals surface area contributed by atoms with Gasteiger partial charge in [-0.15, -0.1) is 0 Å². The Hall–Kier alpha value is -2.87. The van der Waals surface area contributed by atoms with Crippen molar-refractivity contribution in [1.82, 2.24) is 5.01 Å². The zero-order valence-electron chi connectivity index (χ0n) is 16.1. The lowest BCUT2D eigenvalue weighted by molar-refractivity contribution is -0.141. The number of nitrogens with zero attached hydrogens (tertiary/aromatic N) is 2. The highest BCUT2D eigenvalue weighted by molar-refractivity contribution is 9.10. The van der Waals surface area contributed by atoms with Gasteiger partial charge in [-0.2, -0.15) is 5.10 Å². The Labute approximate surface area is 177 Å². The fourth-order valence-corrected chi connectivity index (χ4v) is 3.63. The van der Waals surface area contributed by atoms with Crippen molar-refractivity contribution in [2.75, 3.05) is 14.2 Å². The maximum atomic E-state index is 12.7. The number of halogens is 1. The van der Waals surface area contributed by atoms with E-state index < -0.39 is 5.97 Å².